The van der Waals surface area contributed by atoms with E-state index in [4.69, 9.17) is 20.1 Å². The first-order valence-corrected chi connectivity index (χ1v) is 5.06. The van der Waals surface area contributed by atoms with E-state index in [0.717, 1.165) is 0 Å². The molecule has 1 heterocycles. The molecule has 8 heteroatoms. The maximum atomic E-state index is 10.7. The van der Waals surface area contributed by atoms with E-state index in [0.29, 0.717) is 5.56 Å². The number of nitrogens with zero attached hydrogens (tertiary/aromatic N) is 3. The van der Waals surface area contributed by atoms with E-state index < -0.39 is 4.92 Å². The third-order valence-electron chi connectivity index (χ3n) is 2.39. The number of hydrogen-bond donors (Lipinski definition) is 1. The number of nitro groups is 1. The van der Waals surface area contributed by atoms with Crippen molar-refractivity contribution in [2.24, 2.45) is 0 Å². The Morgan fingerprint density at radius 2 is 2.32 bits per heavy atom. The highest BCUT2D eigenvalue weighted by atomic mass is 16.6. The van der Waals surface area contributed by atoms with Crippen molar-refractivity contribution in [1.82, 2.24) is 4.98 Å². The Hall–Kier alpha value is -3.08. The molecule has 0 aliphatic heterocycles. The minimum absolute atomic E-state index is 0.0459. The Bertz CT molecular complexity index is 686. The zero-order valence-corrected chi connectivity index (χ0v) is 9.78. The topological polar surface area (TPSA) is 128 Å². The molecule has 2 rings (SSSR count). The maximum Gasteiger partial charge on any atom is 0.273 e. The molecule has 0 saturated carbocycles. The first kappa shape index (κ1) is 12.4. The molecule has 1 aromatic heterocycles. The standard InChI is InChI=1S/C11H8N4O4/c1-18-9-4-6(15(16)17)2-3-7(9)11-14-8(5-12)10(13)19-11/h2-4H,13H2,1H3. The summed E-state index contributed by atoms with van der Waals surface area (Å²) in [6.07, 6.45) is 0. The van der Waals surface area contributed by atoms with Crippen molar-refractivity contribution >= 4 is 11.6 Å². The third-order valence-corrected chi connectivity index (χ3v) is 2.39. The molecule has 0 radical (unpaired) electrons. The molecule has 19 heavy (non-hydrogen) atoms. The van der Waals surface area contributed by atoms with Crippen molar-refractivity contribution in [2.75, 3.05) is 12.8 Å². The Balaban J connectivity index is 2.55. The van der Waals surface area contributed by atoms with Crippen LogP contribution in [0.1, 0.15) is 5.69 Å². The SMILES string of the molecule is COc1cc([N+](=O)[O-])ccc1-c1nc(C#N)c(N)o1. The van der Waals surface area contributed by atoms with Gasteiger partial charge in [0.05, 0.1) is 23.7 Å². The molecule has 0 atom stereocenters. The fraction of sp³-hybridized carbons (Fsp3) is 0.0909. The number of non-ortho nitro benzene ring substituents is 1. The summed E-state index contributed by atoms with van der Waals surface area (Å²) in [7, 11) is 1.36. The average molecular weight is 260 g/mol. The zero-order valence-electron chi connectivity index (χ0n) is 9.78. The molecular weight excluding hydrogens is 252 g/mol. The number of benzene rings is 1. The highest BCUT2D eigenvalue weighted by Crippen LogP contribution is 2.34. The number of methoxy groups -OCH3 is 1. The minimum Gasteiger partial charge on any atom is -0.496 e. The second-order valence-corrected chi connectivity index (χ2v) is 3.49. The molecule has 2 aromatic rings. The molecular formula is C11H8N4O4. The molecule has 0 aliphatic rings. The summed E-state index contributed by atoms with van der Waals surface area (Å²) in [5.41, 5.74) is 5.66. The first-order chi connectivity index (χ1) is 9.06. The van der Waals surface area contributed by atoms with Gasteiger partial charge in [0, 0.05) is 6.07 Å². The normalized spacial score (nSPS) is 9.89. The summed E-state index contributed by atoms with van der Waals surface area (Å²) in [5.74, 6) is 0.165. The van der Waals surface area contributed by atoms with Crippen LogP contribution in [0, 0.1) is 21.4 Å². The number of hydrogen-bond acceptors (Lipinski definition) is 7. The number of ether oxygens (including phenoxy) is 1. The van der Waals surface area contributed by atoms with Gasteiger partial charge in [-0.15, -0.1) is 0 Å². The predicted molar refractivity (Wildman–Crippen MR) is 64.3 cm³/mol. The lowest BCUT2D eigenvalue weighted by molar-refractivity contribution is -0.384. The van der Waals surface area contributed by atoms with Crippen LogP contribution in [0.15, 0.2) is 22.6 Å². The summed E-state index contributed by atoms with van der Waals surface area (Å²) < 4.78 is 10.2. The lowest BCUT2D eigenvalue weighted by atomic mass is 10.2. The lowest BCUT2D eigenvalue weighted by Crippen LogP contribution is -1.92. The van der Waals surface area contributed by atoms with Gasteiger partial charge in [0.1, 0.15) is 11.8 Å². The highest BCUT2D eigenvalue weighted by Gasteiger charge is 2.18. The van der Waals surface area contributed by atoms with Crippen LogP contribution < -0.4 is 10.5 Å². The molecule has 1 aromatic carbocycles. The van der Waals surface area contributed by atoms with Gasteiger partial charge in [-0.2, -0.15) is 10.2 Å². The van der Waals surface area contributed by atoms with Gasteiger partial charge in [-0.3, -0.25) is 10.1 Å². The second-order valence-electron chi connectivity index (χ2n) is 3.49. The number of nitrogen functional groups attached to an aromatic ring is 1. The number of nitrogens with two attached hydrogens (primary N) is 1. The molecule has 0 unspecified atom stereocenters. The average Bonchev–Trinajstić information content (AvgIpc) is 2.78. The van der Waals surface area contributed by atoms with Crippen molar-refractivity contribution < 1.29 is 14.1 Å². The smallest absolute Gasteiger partial charge is 0.273 e. The Morgan fingerprint density at radius 3 is 2.84 bits per heavy atom. The van der Waals surface area contributed by atoms with Crippen molar-refractivity contribution in [3.8, 4) is 23.3 Å². The predicted octanol–water partition coefficient (Wildman–Crippen LogP) is 1.71. The van der Waals surface area contributed by atoms with Crippen LogP contribution in [-0.4, -0.2) is 17.0 Å². The first-order valence-electron chi connectivity index (χ1n) is 5.06. The fourth-order valence-electron chi connectivity index (χ4n) is 1.50. The number of aromatic nitrogens is 1. The van der Waals surface area contributed by atoms with Crippen molar-refractivity contribution in [1.29, 1.82) is 5.26 Å². The van der Waals surface area contributed by atoms with E-state index in [1.165, 1.54) is 25.3 Å². The van der Waals surface area contributed by atoms with Crippen LogP contribution in [0.25, 0.3) is 11.5 Å². The number of nitro benzene ring substituents is 1. The van der Waals surface area contributed by atoms with Crippen LogP contribution in [0.3, 0.4) is 0 Å². The van der Waals surface area contributed by atoms with Crippen LogP contribution in [0.5, 0.6) is 5.75 Å². The minimum atomic E-state index is -0.545. The highest BCUT2D eigenvalue weighted by molar-refractivity contribution is 5.67. The molecule has 0 amide bonds. The Kier molecular flexibility index (Phi) is 3.03. The van der Waals surface area contributed by atoms with Crippen LogP contribution >= 0.6 is 0 Å². The van der Waals surface area contributed by atoms with Gasteiger partial charge < -0.3 is 14.9 Å². The molecule has 0 aliphatic carbocycles. The van der Waals surface area contributed by atoms with Crippen molar-refractivity contribution in [3.05, 3.63) is 34.0 Å². The summed E-state index contributed by atoms with van der Waals surface area (Å²) >= 11 is 0. The Labute approximate surface area is 107 Å². The summed E-state index contributed by atoms with van der Waals surface area (Å²) in [6.45, 7) is 0. The van der Waals surface area contributed by atoms with Gasteiger partial charge in [0.2, 0.25) is 17.5 Å². The van der Waals surface area contributed by atoms with Crippen LogP contribution in [-0.2, 0) is 0 Å². The third kappa shape index (κ3) is 2.16. The number of rotatable bonds is 3. The molecule has 2 N–H and O–H groups in total. The summed E-state index contributed by atoms with van der Waals surface area (Å²) in [6, 6.07) is 5.71. The van der Waals surface area contributed by atoms with Crippen molar-refractivity contribution in [3.63, 3.8) is 0 Å². The number of anilines is 1. The maximum absolute atomic E-state index is 10.7. The number of oxazole rings is 1. The summed E-state index contributed by atoms with van der Waals surface area (Å²) in [4.78, 5) is 14.0. The molecule has 96 valence electrons. The van der Waals surface area contributed by atoms with Crippen LogP contribution in [0.2, 0.25) is 0 Å². The van der Waals surface area contributed by atoms with Gasteiger partial charge in [0.25, 0.3) is 5.69 Å². The zero-order chi connectivity index (χ0) is 14.0. The van der Waals surface area contributed by atoms with Gasteiger partial charge >= 0.3 is 0 Å². The van der Waals surface area contributed by atoms with E-state index >= 15 is 0 Å². The van der Waals surface area contributed by atoms with E-state index in [-0.39, 0.29) is 28.9 Å². The molecule has 0 bridgehead atoms. The summed E-state index contributed by atoms with van der Waals surface area (Å²) in [5, 5.41) is 19.4. The molecule has 0 spiro atoms. The fourth-order valence-corrected chi connectivity index (χ4v) is 1.50. The quantitative estimate of drug-likeness (QED) is 0.656. The monoisotopic (exact) mass is 260 g/mol. The van der Waals surface area contributed by atoms with E-state index in [1.807, 2.05) is 0 Å². The van der Waals surface area contributed by atoms with Gasteiger partial charge in [-0.25, -0.2) is 0 Å². The van der Waals surface area contributed by atoms with Gasteiger partial charge in [-0.1, -0.05) is 0 Å². The van der Waals surface area contributed by atoms with E-state index in [1.54, 1.807) is 6.07 Å². The van der Waals surface area contributed by atoms with Gasteiger partial charge in [-0.05, 0) is 6.07 Å². The van der Waals surface area contributed by atoms with Crippen molar-refractivity contribution in [2.45, 2.75) is 0 Å². The Morgan fingerprint density at radius 1 is 1.58 bits per heavy atom. The number of nitriles is 1. The molecule has 0 fully saturated rings. The lowest BCUT2D eigenvalue weighted by Gasteiger charge is -2.04. The van der Waals surface area contributed by atoms with Crippen LogP contribution in [0.4, 0.5) is 11.6 Å². The largest absolute Gasteiger partial charge is 0.496 e. The van der Waals surface area contributed by atoms with Gasteiger partial charge in [0.15, 0.2) is 0 Å². The van der Waals surface area contributed by atoms with E-state index in [2.05, 4.69) is 4.98 Å². The van der Waals surface area contributed by atoms with E-state index in [9.17, 15) is 10.1 Å². The molecule has 0 saturated heterocycles. The molecule has 8 nitrogen and oxygen atoms in total. The second kappa shape index (κ2) is 4.66.